The Kier molecular flexibility index (Phi) is 30.4. The lowest BCUT2D eigenvalue weighted by atomic mass is 9.84. The van der Waals surface area contributed by atoms with Gasteiger partial charge in [-0.3, -0.25) is 0 Å². The van der Waals surface area contributed by atoms with E-state index in [4.69, 9.17) is 19.9 Å². The maximum atomic E-state index is 11.5. The first kappa shape index (κ1) is 50.2. The van der Waals surface area contributed by atoms with Crippen LogP contribution >= 0.6 is 37.2 Å². The molecular weight excluding hydrogens is 687 g/mol. The average Bonchev–Trinajstić information content (AvgIpc) is 3.03. The molecule has 0 spiro atoms. The Morgan fingerprint density at radius 3 is 2.08 bits per heavy atom. The number of nitrogens with two attached hydrogens (primary N) is 1. The van der Waals surface area contributed by atoms with Crippen LogP contribution in [-0.4, -0.2) is 94.1 Å². The second-order valence-electron chi connectivity index (χ2n) is 14.7. The first-order valence-corrected chi connectivity index (χ1v) is 18.2. The average molecular weight is 758 g/mol. The number of carbonyl (C=O) groups excluding carboxylic acids is 2. The van der Waals surface area contributed by atoms with E-state index in [2.05, 4.69) is 28.7 Å². The summed E-state index contributed by atoms with van der Waals surface area (Å²) in [6.45, 7) is 21.9. The molecule has 0 aromatic heterocycles. The second kappa shape index (κ2) is 29.6. The van der Waals surface area contributed by atoms with Gasteiger partial charge in [-0.25, -0.2) is 4.79 Å². The summed E-state index contributed by atoms with van der Waals surface area (Å²) in [4.78, 5) is 25.0. The molecule has 2 heterocycles. The topological polar surface area (TPSA) is 115 Å². The van der Waals surface area contributed by atoms with E-state index < -0.39 is 11.7 Å². The number of aldehydes is 1. The summed E-state index contributed by atoms with van der Waals surface area (Å²) < 4.78 is 16.1. The fraction of sp³-hybridized carbons (Fsp3) is 0.838. The highest BCUT2D eigenvalue weighted by molar-refractivity contribution is 5.86. The Bertz CT molecular complexity index is 860. The van der Waals surface area contributed by atoms with Crippen molar-refractivity contribution in [2.24, 2.45) is 29.4 Å². The number of ether oxygens (including phenoxy) is 3. The maximum Gasteiger partial charge on any atom is 0.407 e. The van der Waals surface area contributed by atoms with Crippen molar-refractivity contribution in [2.45, 2.75) is 116 Å². The van der Waals surface area contributed by atoms with Gasteiger partial charge in [0, 0.05) is 37.6 Å². The van der Waals surface area contributed by atoms with Crippen molar-refractivity contribution < 1.29 is 23.8 Å². The summed E-state index contributed by atoms with van der Waals surface area (Å²) >= 11 is 0. The molecule has 0 aromatic rings. The standard InChI is InChI=1S/C16H30N2O.C12H21NO3.C9H17NO.3ClH/c1-2-10-19-13-14-6-5-9-18(11-14)12-15-7-3-4-8-16(15)17;1-12(2,3)16-11(15)13-10-7-5-4-6-9(10)8-14;1-2-6-11-8-9-4-3-5-10-7-9;;;/h2,14-16H,1,3-13,17H2;8-10H,4-7H2,1-3H3,(H,13,15);2,9-10H,1,3-8H2;3*1H/t14-,15-,16+;9-,10+;9-;;;/m111.../s1. The van der Waals surface area contributed by atoms with Gasteiger partial charge in [0.25, 0.3) is 0 Å². The molecule has 4 aliphatic rings. The third-order valence-electron chi connectivity index (χ3n) is 9.34. The molecule has 0 unspecified atom stereocenters. The highest BCUT2D eigenvalue weighted by Crippen LogP contribution is 2.26. The molecule has 9 nitrogen and oxygen atoms in total. The molecule has 2 saturated heterocycles. The minimum absolute atomic E-state index is 0. The molecule has 4 N–H and O–H groups in total. The number of hydrogen-bond acceptors (Lipinski definition) is 8. The fourth-order valence-corrected chi connectivity index (χ4v) is 6.91. The minimum Gasteiger partial charge on any atom is -0.444 e. The zero-order chi connectivity index (χ0) is 33.6. The Morgan fingerprint density at radius 1 is 0.878 bits per heavy atom. The van der Waals surface area contributed by atoms with Crippen LogP contribution in [0.4, 0.5) is 4.79 Å². The molecule has 1 amide bonds. The van der Waals surface area contributed by atoms with Crippen LogP contribution in [0.5, 0.6) is 0 Å². The van der Waals surface area contributed by atoms with E-state index in [0.29, 0.717) is 25.2 Å². The van der Waals surface area contributed by atoms with Gasteiger partial charge in [0.2, 0.25) is 0 Å². The molecule has 0 radical (unpaired) electrons. The predicted molar refractivity (Wildman–Crippen MR) is 210 cm³/mol. The van der Waals surface area contributed by atoms with E-state index in [9.17, 15) is 9.59 Å². The molecule has 2 aliphatic heterocycles. The lowest BCUT2D eigenvalue weighted by Crippen LogP contribution is -2.45. The molecule has 2 aliphatic carbocycles. The summed E-state index contributed by atoms with van der Waals surface area (Å²) in [5.74, 6) is 2.10. The number of carbonyl (C=O) groups is 2. The van der Waals surface area contributed by atoms with Crippen LogP contribution < -0.4 is 16.4 Å². The van der Waals surface area contributed by atoms with Crippen molar-refractivity contribution in [3.8, 4) is 0 Å². The molecule has 2 saturated carbocycles. The fourth-order valence-electron chi connectivity index (χ4n) is 6.91. The Labute approximate surface area is 317 Å². The number of nitrogens with one attached hydrogen (secondary N) is 2. The molecule has 12 heteroatoms. The third-order valence-corrected chi connectivity index (χ3v) is 9.34. The molecule has 4 fully saturated rings. The zero-order valence-corrected chi connectivity index (χ0v) is 33.2. The lowest BCUT2D eigenvalue weighted by Gasteiger charge is -2.38. The van der Waals surface area contributed by atoms with E-state index >= 15 is 0 Å². The van der Waals surface area contributed by atoms with Gasteiger partial charge in [-0.15, -0.1) is 50.4 Å². The zero-order valence-electron chi connectivity index (χ0n) is 30.8. The van der Waals surface area contributed by atoms with Crippen LogP contribution in [0.25, 0.3) is 0 Å². The Morgan fingerprint density at radius 2 is 1.49 bits per heavy atom. The van der Waals surface area contributed by atoms with Crippen LogP contribution in [0.3, 0.4) is 0 Å². The van der Waals surface area contributed by atoms with Crippen molar-refractivity contribution in [2.75, 3.05) is 59.2 Å². The Hall–Kier alpha value is -0.910. The number of nitrogens with zero attached hydrogens (tertiary/aromatic N) is 1. The largest absolute Gasteiger partial charge is 0.444 e. The first-order chi connectivity index (χ1) is 22.1. The number of hydrogen-bond donors (Lipinski definition) is 3. The van der Waals surface area contributed by atoms with E-state index in [1.807, 2.05) is 26.8 Å². The van der Waals surface area contributed by atoms with Crippen molar-refractivity contribution in [1.29, 1.82) is 0 Å². The first-order valence-electron chi connectivity index (χ1n) is 18.2. The van der Waals surface area contributed by atoms with Crippen LogP contribution in [0.15, 0.2) is 25.3 Å². The molecule has 0 aromatic carbocycles. The van der Waals surface area contributed by atoms with Crippen molar-refractivity contribution >= 4 is 49.6 Å². The van der Waals surface area contributed by atoms with Crippen LogP contribution in [-0.2, 0) is 19.0 Å². The maximum absolute atomic E-state index is 11.5. The van der Waals surface area contributed by atoms with E-state index in [0.717, 1.165) is 63.6 Å². The molecule has 6 atom stereocenters. The van der Waals surface area contributed by atoms with Gasteiger partial charge in [0.1, 0.15) is 11.9 Å². The number of piperidine rings is 2. The number of rotatable bonds is 12. The summed E-state index contributed by atoms with van der Waals surface area (Å²) in [5.41, 5.74) is 5.78. The van der Waals surface area contributed by atoms with Crippen LogP contribution in [0.1, 0.15) is 97.8 Å². The highest BCUT2D eigenvalue weighted by Gasteiger charge is 2.28. The van der Waals surface area contributed by atoms with Gasteiger partial charge < -0.3 is 40.3 Å². The summed E-state index contributed by atoms with van der Waals surface area (Å²) in [7, 11) is 0. The number of likely N-dealkylation sites (tertiary alicyclic amines) is 1. The molecular formula is C37H71Cl3N4O5. The smallest absolute Gasteiger partial charge is 0.407 e. The van der Waals surface area contributed by atoms with Gasteiger partial charge in [0.15, 0.2) is 0 Å². The van der Waals surface area contributed by atoms with E-state index in [1.54, 1.807) is 6.08 Å². The second-order valence-corrected chi connectivity index (χ2v) is 14.7. The van der Waals surface area contributed by atoms with E-state index in [-0.39, 0.29) is 49.2 Å². The highest BCUT2D eigenvalue weighted by atomic mass is 35.5. The third kappa shape index (κ3) is 23.3. The Balaban J connectivity index is 0. The predicted octanol–water partition coefficient (Wildman–Crippen LogP) is 7.14. The summed E-state index contributed by atoms with van der Waals surface area (Å²) in [6, 6.07) is 0.382. The summed E-state index contributed by atoms with van der Waals surface area (Å²) in [5, 5.41) is 6.14. The minimum atomic E-state index is -0.491. The number of halogens is 3. The number of alkyl carbamates (subject to hydrolysis) is 1. The van der Waals surface area contributed by atoms with Gasteiger partial charge in [-0.1, -0.05) is 37.8 Å². The molecule has 49 heavy (non-hydrogen) atoms. The van der Waals surface area contributed by atoms with Crippen LogP contribution in [0, 0.1) is 23.7 Å². The SMILES string of the molecule is C=CCOC[C@@H]1CCCN(C[C@H]2CCCC[C@@H]2N)C1.C=CCOC[C@@H]1CCCNC1.CC(C)(C)OC(=O)N[C@H]1CCCC[C@@H]1C=O.Cl.Cl.Cl. The molecule has 0 bridgehead atoms. The van der Waals surface area contributed by atoms with Crippen molar-refractivity contribution in [3.63, 3.8) is 0 Å². The lowest BCUT2D eigenvalue weighted by molar-refractivity contribution is -0.112. The molecule has 290 valence electrons. The van der Waals surface area contributed by atoms with Gasteiger partial charge in [0.05, 0.1) is 26.4 Å². The van der Waals surface area contributed by atoms with Gasteiger partial charge in [-0.05, 0) is 103 Å². The summed E-state index contributed by atoms with van der Waals surface area (Å²) in [6.07, 6.45) is 18.5. The van der Waals surface area contributed by atoms with Crippen LogP contribution in [0.2, 0.25) is 0 Å². The quantitative estimate of drug-likeness (QED) is 0.109. The van der Waals surface area contributed by atoms with E-state index in [1.165, 1.54) is 77.5 Å². The monoisotopic (exact) mass is 756 g/mol. The van der Waals surface area contributed by atoms with Crippen molar-refractivity contribution in [1.82, 2.24) is 15.5 Å². The van der Waals surface area contributed by atoms with Gasteiger partial charge >= 0.3 is 6.09 Å². The number of amides is 1. The normalized spacial score (nSPS) is 26.9. The van der Waals surface area contributed by atoms with Gasteiger partial charge in [-0.2, -0.15) is 0 Å². The molecule has 4 rings (SSSR count). The van der Waals surface area contributed by atoms with Crippen molar-refractivity contribution in [3.05, 3.63) is 25.3 Å².